The number of rotatable bonds is 3. The third-order valence-electron chi connectivity index (χ3n) is 6.66. The van der Waals surface area contributed by atoms with Gasteiger partial charge in [0.1, 0.15) is 12.2 Å². The fourth-order valence-electron chi connectivity index (χ4n) is 4.92. The lowest BCUT2D eigenvalue weighted by molar-refractivity contribution is 0.225. The monoisotopic (exact) mass is 422 g/mol. The normalized spacial score (nSPS) is 27.7. The highest BCUT2D eigenvalue weighted by Crippen LogP contribution is 2.35. The van der Waals surface area contributed by atoms with Gasteiger partial charge in [-0.25, -0.2) is 14.7 Å². The summed E-state index contributed by atoms with van der Waals surface area (Å²) in [7, 11) is 0. The molecule has 0 saturated carbocycles. The van der Waals surface area contributed by atoms with E-state index in [1.807, 2.05) is 35.1 Å². The number of nitriles is 1. The fraction of sp³-hybridized carbons (Fsp3) is 0.292. The molecule has 1 aromatic carbocycles. The van der Waals surface area contributed by atoms with E-state index in [0.29, 0.717) is 6.54 Å². The molecule has 1 fully saturated rings. The molecular weight excluding hydrogens is 400 g/mol. The topological polar surface area (TPSA) is 84.6 Å². The first-order valence-corrected chi connectivity index (χ1v) is 10.8. The average Bonchev–Trinajstić information content (AvgIpc) is 3.42. The highest BCUT2D eigenvalue weighted by Gasteiger charge is 2.47. The van der Waals surface area contributed by atoms with Crippen LogP contribution in [-0.4, -0.2) is 52.6 Å². The van der Waals surface area contributed by atoms with Gasteiger partial charge in [-0.3, -0.25) is 4.99 Å². The molecule has 0 N–H and O–H groups in total. The third kappa shape index (κ3) is 2.74. The Hall–Kier alpha value is -3.99. The van der Waals surface area contributed by atoms with Crippen molar-refractivity contribution in [2.24, 2.45) is 31.9 Å². The number of anilines is 1. The summed E-state index contributed by atoms with van der Waals surface area (Å²) in [5.74, 6) is 1.44. The highest BCUT2D eigenvalue weighted by atomic mass is 15.5. The second kappa shape index (κ2) is 7.31. The van der Waals surface area contributed by atoms with E-state index in [2.05, 4.69) is 55.6 Å². The Morgan fingerprint density at radius 1 is 1.12 bits per heavy atom. The zero-order chi connectivity index (χ0) is 21.7. The molecular formula is C24H22N8. The number of amidine groups is 2. The molecule has 4 aliphatic heterocycles. The molecule has 32 heavy (non-hydrogen) atoms. The summed E-state index contributed by atoms with van der Waals surface area (Å²) in [4.78, 5) is 18.0. The molecule has 8 nitrogen and oxygen atoms in total. The Kier molecular flexibility index (Phi) is 4.28. The summed E-state index contributed by atoms with van der Waals surface area (Å²) in [6, 6.07) is 14.8. The molecule has 3 unspecified atom stereocenters. The summed E-state index contributed by atoms with van der Waals surface area (Å²) in [6.07, 6.45) is 7.90. The van der Waals surface area contributed by atoms with Crippen LogP contribution in [0.15, 0.2) is 69.3 Å². The van der Waals surface area contributed by atoms with E-state index in [-0.39, 0.29) is 24.0 Å². The summed E-state index contributed by atoms with van der Waals surface area (Å²) < 4.78 is 1.96. The van der Waals surface area contributed by atoms with Gasteiger partial charge in [-0.2, -0.15) is 10.4 Å². The Balaban J connectivity index is 1.39. The van der Waals surface area contributed by atoms with Gasteiger partial charge in [0, 0.05) is 24.6 Å². The first-order valence-electron chi connectivity index (χ1n) is 10.8. The van der Waals surface area contributed by atoms with Crippen molar-refractivity contribution >= 4 is 36.0 Å². The van der Waals surface area contributed by atoms with Gasteiger partial charge in [-0.15, -0.1) is 0 Å². The van der Waals surface area contributed by atoms with Gasteiger partial charge >= 0.3 is 0 Å². The third-order valence-corrected chi connectivity index (χ3v) is 6.66. The molecule has 5 heterocycles. The van der Waals surface area contributed by atoms with Crippen LogP contribution in [-0.2, 0) is 6.54 Å². The molecule has 158 valence electrons. The van der Waals surface area contributed by atoms with Gasteiger partial charge in [-0.1, -0.05) is 30.9 Å². The SMILES string of the molecule is C=Cc1ccn2c1CN(c1ccccc1)C([C@@H]1CCN1C1=NC=NC3N=CC(C#N)C13)=N2. The minimum Gasteiger partial charge on any atom is -0.349 e. The molecule has 0 aliphatic carbocycles. The Morgan fingerprint density at radius 3 is 2.75 bits per heavy atom. The smallest absolute Gasteiger partial charge is 0.153 e. The number of benzene rings is 1. The minimum absolute atomic E-state index is 0.0729. The van der Waals surface area contributed by atoms with Crippen LogP contribution in [0, 0.1) is 23.2 Å². The number of aromatic nitrogens is 1. The van der Waals surface area contributed by atoms with Crippen LogP contribution in [0.3, 0.4) is 0 Å². The van der Waals surface area contributed by atoms with Gasteiger partial charge < -0.3 is 9.80 Å². The zero-order valence-electron chi connectivity index (χ0n) is 17.5. The second-order valence-electron chi connectivity index (χ2n) is 8.29. The molecule has 2 aromatic rings. The maximum atomic E-state index is 9.63. The van der Waals surface area contributed by atoms with E-state index in [1.54, 1.807) is 12.6 Å². The standard InChI is InChI=1S/C24H22N8/c1-2-16-8-11-32-20(16)14-31(18-6-4-3-5-7-18)23(29-32)19-9-10-30(19)24-21-17(12-25)13-26-22(21)27-15-28-24/h2-8,11,13,15,17,19,21-22H,1,9-10,14H2/t17?,19-,21?,22?/m0/s1. The molecule has 6 rings (SSSR count). The van der Waals surface area contributed by atoms with Crippen molar-refractivity contribution in [3.05, 3.63) is 60.4 Å². The van der Waals surface area contributed by atoms with E-state index in [1.165, 1.54) is 0 Å². The van der Waals surface area contributed by atoms with Crippen molar-refractivity contribution in [3.63, 3.8) is 0 Å². The van der Waals surface area contributed by atoms with Gasteiger partial charge in [0.25, 0.3) is 0 Å². The molecule has 1 aromatic heterocycles. The number of likely N-dealkylation sites (tertiary alicyclic amines) is 1. The van der Waals surface area contributed by atoms with Gasteiger partial charge in [0.05, 0.1) is 36.2 Å². The van der Waals surface area contributed by atoms with E-state index in [0.717, 1.165) is 41.6 Å². The van der Waals surface area contributed by atoms with E-state index in [4.69, 9.17) is 5.10 Å². The molecule has 4 atom stereocenters. The number of nitrogens with zero attached hydrogens (tertiary/aromatic N) is 8. The van der Waals surface area contributed by atoms with Crippen LogP contribution in [0.5, 0.6) is 0 Å². The average molecular weight is 422 g/mol. The predicted octanol–water partition coefficient (Wildman–Crippen LogP) is 2.99. The van der Waals surface area contributed by atoms with Crippen LogP contribution in [0.1, 0.15) is 17.7 Å². The Morgan fingerprint density at radius 2 is 2.00 bits per heavy atom. The highest BCUT2D eigenvalue weighted by molar-refractivity contribution is 6.06. The molecule has 4 aliphatic rings. The number of hydrogen-bond donors (Lipinski definition) is 0. The van der Waals surface area contributed by atoms with E-state index >= 15 is 0 Å². The molecule has 8 heteroatoms. The summed E-state index contributed by atoms with van der Waals surface area (Å²) in [5.41, 5.74) is 3.31. The fourth-order valence-corrected chi connectivity index (χ4v) is 4.92. The number of para-hydroxylation sites is 1. The van der Waals surface area contributed by atoms with E-state index < -0.39 is 0 Å². The minimum atomic E-state index is -0.304. The molecule has 0 amide bonds. The first-order chi connectivity index (χ1) is 15.8. The zero-order valence-corrected chi connectivity index (χ0v) is 17.5. The Labute approximate surface area is 186 Å². The maximum absolute atomic E-state index is 9.63. The second-order valence-corrected chi connectivity index (χ2v) is 8.29. The molecule has 0 bridgehead atoms. The van der Waals surface area contributed by atoms with Crippen molar-refractivity contribution in [1.82, 2.24) is 9.58 Å². The number of hydrogen-bond acceptors (Lipinski definition) is 7. The van der Waals surface area contributed by atoms with Crippen LogP contribution < -0.4 is 4.90 Å². The lowest BCUT2D eigenvalue weighted by Gasteiger charge is -2.48. The number of fused-ring (bicyclic) bond motifs is 2. The van der Waals surface area contributed by atoms with Gasteiger partial charge in [0.2, 0.25) is 0 Å². The lowest BCUT2D eigenvalue weighted by atomic mass is 9.88. The largest absolute Gasteiger partial charge is 0.349 e. The van der Waals surface area contributed by atoms with Crippen molar-refractivity contribution in [2.45, 2.75) is 25.2 Å². The van der Waals surface area contributed by atoms with Crippen LogP contribution >= 0.6 is 0 Å². The van der Waals surface area contributed by atoms with Crippen molar-refractivity contribution in [3.8, 4) is 6.07 Å². The van der Waals surface area contributed by atoms with Gasteiger partial charge in [0.15, 0.2) is 12.0 Å². The number of aliphatic imine (C=N–C) groups is 3. The summed E-state index contributed by atoms with van der Waals surface area (Å²) in [5, 5.41) is 14.7. The predicted molar refractivity (Wildman–Crippen MR) is 126 cm³/mol. The molecule has 0 spiro atoms. The van der Waals surface area contributed by atoms with Crippen LogP contribution in [0.2, 0.25) is 0 Å². The quantitative estimate of drug-likeness (QED) is 0.762. The van der Waals surface area contributed by atoms with Gasteiger partial charge in [-0.05, 0) is 30.2 Å². The molecule has 1 saturated heterocycles. The maximum Gasteiger partial charge on any atom is 0.153 e. The lowest BCUT2D eigenvalue weighted by Crippen LogP contribution is -2.62. The van der Waals surface area contributed by atoms with Crippen LogP contribution in [0.25, 0.3) is 6.08 Å². The van der Waals surface area contributed by atoms with Crippen molar-refractivity contribution in [1.29, 1.82) is 5.26 Å². The summed E-state index contributed by atoms with van der Waals surface area (Å²) >= 11 is 0. The van der Waals surface area contributed by atoms with Crippen molar-refractivity contribution < 1.29 is 0 Å². The first kappa shape index (κ1) is 18.8. The van der Waals surface area contributed by atoms with Crippen molar-refractivity contribution in [2.75, 3.05) is 11.4 Å². The Bertz CT molecular complexity index is 1230. The molecule has 0 radical (unpaired) electrons. The summed E-state index contributed by atoms with van der Waals surface area (Å²) in [6.45, 7) is 5.54. The van der Waals surface area contributed by atoms with Crippen LogP contribution in [0.4, 0.5) is 5.69 Å². The van der Waals surface area contributed by atoms with E-state index in [9.17, 15) is 5.26 Å².